The van der Waals surface area contributed by atoms with Crippen LogP contribution in [0.5, 0.6) is 0 Å². The molecule has 0 aromatic carbocycles. The number of sulfonamides is 1. The third-order valence-electron chi connectivity index (χ3n) is 6.48. The number of nitrogens with zero attached hydrogens (tertiary/aromatic N) is 2. The number of carbonyl (C=O) groups excluding carboxylic acids is 1. The first-order chi connectivity index (χ1) is 16.1. The fraction of sp³-hybridized carbons (Fsp3) is 0.583. The predicted molar refractivity (Wildman–Crippen MR) is 140 cm³/mol. The zero-order valence-corrected chi connectivity index (χ0v) is 22.1. The molecule has 8 nitrogen and oxygen atoms in total. The Bertz CT molecular complexity index is 1060. The second-order valence-corrected chi connectivity index (χ2v) is 12.2. The number of rotatable bonds is 13. The summed E-state index contributed by atoms with van der Waals surface area (Å²) in [4.78, 5) is 17.8. The molecule has 1 aliphatic rings. The van der Waals surface area contributed by atoms with Crippen molar-refractivity contribution in [3.8, 4) is 0 Å². The molecule has 4 N–H and O–H groups in total. The molecule has 3 rings (SSSR count). The number of anilines is 2. The zero-order valence-electron chi connectivity index (χ0n) is 20.5. The van der Waals surface area contributed by atoms with Crippen LogP contribution < -0.4 is 20.7 Å². The van der Waals surface area contributed by atoms with Gasteiger partial charge >= 0.3 is 0 Å². The zero-order chi connectivity index (χ0) is 24.9. The molecular formula is C24H37N5O3S2. The highest BCUT2D eigenvalue weighted by atomic mass is 32.2. The van der Waals surface area contributed by atoms with Crippen LogP contribution in [-0.2, 0) is 16.4 Å². The van der Waals surface area contributed by atoms with Crippen LogP contribution in [0.4, 0.5) is 11.6 Å². The molecule has 2 heterocycles. The molecule has 1 aliphatic carbocycles. The Morgan fingerprint density at radius 2 is 2.12 bits per heavy atom. The maximum atomic E-state index is 13.4. The summed E-state index contributed by atoms with van der Waals surface area (Å²) in [5.74, 6) is 1.63. The Kier molecular flexibility index (Phi) is 8.95. The van der Waals surface area contributed by atoms with Gasteiger partial charge in [0.1, 0.15) is 11.6 Å². The summed E-state index contributed by atoms with van der Waals surface area (Å²) >= 11 is 1.62. The van der Waals surface area contributed by atoms with E-state index in [1.165, 1.54) is 13.1 Å². The van der Waals surface area contributed by atoms with Gasteiger partial charge in [-0.15, -0.1) is 0 Å². The minimum absolute atomic E-state index is 0.183. The molecule has 1 saturated carbocycles. The van der Waals surface area contributed by atoms with E-state index in [1.807, 2.05) is 11.4 Å². The van der Waals surface area contributed by atoms with Crippen molar-refractivity contribution in [1.82, 2.24) is 10.3 Å². The molecule has 0 spiro atoms. The minimum atomic E-state index is -3.53. The first-order valence-electron chi connectivity index (χ1n) is 11.9. The summed E-state index contributed by atoms with van der Waals surface area (Å²) in [7, 11) is -2.09. The third-order valence-corrected chi connectivity index (χ3v) is 8.39. The fourth-order valence-electron chi connectivity index (χ4n) is 3.85. The molecule has 1 fully saturated rings. The van der Waals surface area contributed by atoms with Crippen LogP contribution in [0.2, 0.25) is 0 Å². The molecule has 0 aliphatic heterocycles. The lowest BCUT2D eigenvalue weighted by atomic mass is 9.97. The second-order valence-electron chi connectivity index (χ2n) is 9.41. The van der Waals surface area contributed by atoms with Gasteiger partial charge in [0, 0.05) is 31.2 Å². The Balaban J connectivity index is 1.84. The highest BCUT2D eigenvalue weighted by Crippen LogP contribution is 2.37. The number of thiophene rings is 1. The smallest absolute Gasteiger partial charge is 0.251 e. The van der Waals surface area contributed by atoms with Gasteiger partial charge in [0.05, 0.1) is 6.26 Å². The number of nitrogens with two attached hydrogens (primary N) is 1. The van der Waals surface area contributed by atoms with Crippen molar-refractivity contribution in [2.75, 3.05) is 29.5 Å². The first kappa shape index (κ1) is 26.4. The lowest BCUT2D eigenvalue weighted by Gasteiger charge is -2.25. The van der Waals surface area contributed by atoms with Gasteiger partial charge in [-0.25, -0.2) is 13.4 Å². The van der Waals surface area contributed by atoms with Crippen LogP contribution >= 0.6 is 11.3 Å². The topological polar surface area (TPSA) is 117 Å². The first-order valence-corrected chi connectivity index (χ1v) is 14.6. The Morgan fingerprint density at radius 3 is 2.71 bits per heavy atom. The van der Waals surface area contributed by atoms with Gasteiger partial charge in [0.25, 0.3) is 5.91 Å². The normalized spacial score (nSPS) is 19.3. The van der Waals surface area contributed by atoms with Crippen molar-refractivity contribution in [2.45, 2.75) is 58.0 Å². The molecule has 2 aromatic heterocycles. The van der Waals surface area contributed by atoms with Gasteiger partial charge in [-0.2, -0.15) is 11.3 Å². The Hall–Kier alpha value is -2.17. The van der Waals surface area contributed by atoms with Crippen molar-refractivity contribution in [1.29, 1.82) is 0 Å². The highest BCUT2D eigenvalue weighted by Gasteiger charge is 2.32. The minimum Gasteiger partial charge on any atom is -0.370 e. The molecule has 1 amide bonds. The number of hydrogen-bond acceptors (Lipinski definition) is 7. The quantitative estimate of drug-likeness (QED) is 0.382. The van der Waals surface area contributed by atoms with E-state index >= 15 is 0 Å². The maximum Gasteiger partial charge on any atom is 0.251 e. The lowest BCUT2D eigenvalue weighted by molar-refractivity contribution is 0.0929. The molecule has 0 saturated heterocycles. The van der Waals surface area contributed by atoms with Crippen LogP contribution in [0.25, 0.3) is 0 Å². The standard InChI is InChI=1S/C24H37N5O3S2/c1-5-6-7-20(25)21(11-17-8-9-33-15-17)27-24(30)18-12-22(26-14-19-10-16(19)2)28-23(13-18)29(3)34(4,31)32/h8-9,12-13,15-16,19-21H,5-7,10-11,14,25H2,1-4H3,(H,26,28)(H,27,30)/t16?,19?,20-,21-/m0/s1. The summed E-state index contributed by atoms with van der Waals surface area (Å²) in [6.45, 7) is 5.05. The van der Waals surface area contributed by atoms with Gasteiger partial charge in [-0.05, 0) is 65.6 Å². The van der Waals surface area contributed by atoms with E-state index < -0.39 is 10.0 Å². The van der Waals surface area contributed by atoms with Gasteiger partial charge in [-0.3, -0.25) is 9.10 Å². The van der Waals surface area contributed by atoms with Crippen LogP contribution in [0.1, 0.15) is 55.5 Å². The average Bonchev–Trinajstić information content (AvgIpc) is 3.26. The number of carbonyl (C=O) groups is 1. The monoisotopic (exact) mass is 507 g/mol. The number of nitrogens with one attached hydrogen (secondary N) is 2. The summed E-state index contributed by atoms with van der Waals surface area (Å²) in [6.07, 6.45) is 5.76. The van der Waals surface area contributed by atoms with Crippen LogP contribution in [0.15, 0.2) is 29.0 Å². The molecule has 2 aromatic rings. The predicted octanol–water partition coefficient (Wildman–Crippen LogP) is 3.47. The number of amides is 1. The molecule has 0 bridgehead atoms. The second kappa shape index (κ2) is 11.5. The Morgan fingerprint density at radius 1 is 1.38 bits per heavy atom. The highest BCUT2D eigenvalue weighted by molar-refractivity contribution is 7.92. The summed E-state index contributed by atoms with van der Waals surface area (Å²) in [5.41, 5.74) is 7.98. The van der Waals surface area contributed by atoms with Gasteiger partial charge in [0.15, 0.2) is 0 Å². The Labute approximate surface area is 207 Å². The number of pyridine rings is 1. The van der Waals surface area contributed by atoms with Crippen LogP contribution in [0, 0.1) is 11.8 Å². The molecule has 10 heteroatoms. The van der Waals surface area contributed by atoms with Crippen molar-refractivity contribution in [3.05, 3.63) is 40.1 Å². The van der Waals surface area contributed by atoms with E-state index in [9.17, 15) is 13.2 Å². The van der Waals surface area contributed by atoms with Gasteiger partial charge < -0.3 is 16.4 Å². The van der Waals surface area contributed by atoms with Crippen molar-refractivity contribution in [3.63, 3.8) is 0 Å². The summed E-state index contributed by atoms with van der Waals surface area (Å²) < 4.78 is 25.4. The van der Waals surface area contributed by atoms with Crippen molar-refractivity contribution < 1.29 is 13.2 Å². The maximum absolute atomic E-state index is 13.4. The molecule has 34 heavy (non-hydrogen) atoms. The number of aromatic nitrogens is 1. The molecule has 2 unspecified atom stereocenters. The van der Waals surface area contributed by atoms with E-state index in [0.717, 1.165) is 48.4 Å². The van der Waals surface area contributed by atoms with Crippen molar-refractivity contribution >= 4 is 38.9 Å². The molecular weight excluding hydrogens is 470 g/mol. The summed E-state index contributed by atoms with van der Waals surface area (Å²) in [6, 6.07) is 4.82. The largest absolute Gasteiger partial charge is 0.370 e. The van der Waals surface area contributed by atoms with E-state index in [2.05, 4.69) is 34.8 Å². The average molecular weight is 508 g/mol. The fourth-order valence-corrected chi connectivity index (χ4v) is 4.97. The number of unbranched alkanes of at least 4 members (excludes halogenated alkanes) is 1. The van der Waals surface area contributed by atoms with E-state index in [4.69, 9.17) is 5.73 Å². The van der Waals surface area contributed by atoms with Gasteiger partial charge in [-0.1, -0.05) is 26.7 Å². The third kappa shape index (κ3) is 7.41. The molecule has 4 atom stereocenters. The van der Waals surface area contributed by atoms with Gasteiger partial charge in [0.2, 0.25) is 10.0 Å². The van der Waals surface area contributed by atoms with Crippen LogP contribution in [0.3, 0.4) is 0 Å². The van der Waals surface area contributed by atoms with E-state index in [0.29, 0.717) is 29.6 Å². The van der Waals surface area contributed by atoms with Crippen molar-refractivity contribution in [2.24, 2.45) is 17.6 Å². The van der Waals surface area contributed by atoms with E-state index in [1.54, 1.807) is 17.4 Å². The number of hydrogen-bond donors (Lipinski definition) is 3. The molecule has 0 radical (unpaired) electrons. The SMILES string of the molecule is CCCC[C@H](N)[C@H](Cc1ccsc1)NC(=O)c1cc(NCC2CC2C)nc(N(C)S(C)(=O)=O)c1. The van der Waals surface area contributed by atoms with E-state index in [-0.39, 0.29) is 23.8 Å². The lowest BCUT2D eigenvalue weighted by Crippen LogP contribution is -2.49. The molecule has 188 valence electrons. The van der Waals surface area contributed by atoms with Crippen LogP contribution in [-0.4, -0.2) is 51.2 Å². The summed E-state index contributed by atoms with van der Waals surface area (Å²) in [5, 5.41) is 10.5.